The SMILES string of the molecule is Cc1ccc(-c2csc(NC(=O)Cc3ccccc3Cl)n2)cc1. The maximum atomic E-state index is 12.1. The highest BCUT2D eigenvalue weighted by molar-refractivity contribution is 7.14. The van der Waals surface area contributed by atoms with Gasteiger partial charge in [0.2, 0.25) is 5.91 Å². The molecule has 1 heterocycles. The molecule has 0 aliphatic carbocycles. The average molecular weight is 343 g/mol. The van der Waals surface area contributed by atoms with E-state index in [2.05, 4.69) is 10.3 Å². The molecule has 2 aromatic carbocycles. The van der Waals surface area contributed by atoms with Crippen LogP contribution >= 0.6 is 22.9 Å². The van der Waals surface area contributed by atoms with Crippen LogP contribution in [0.25, 0.3) is 11.3 Å². The second kappa shape index (κ2) is 6.94. The van der Waals surface area contributed by atoms with Gasteiger partial charge in [-0.3, -0.25) is 4.79 Å². The molecule has 0 atom stereocenters. The van der Waals surface area contributed by atoms with Crippen LogP contribution in [-0.4, -0.2) is 10.9 Å². The zero-order valence-corrected chi connectivity index (χ0v) is 14.1. The lowest BCUT2D eigenvalue weighted by atomic mass is 10.1. The smallest absolute Gasteiger partial charge is 0.230 e. The van der Waals surface area contributed by atoms with Crippen LogP contribution in [0.4, 0.5) is 5.13 Å². The number of carbonyl (C=O) groups excluding carboxylic acids is 1. The number of halogens is 1. The molecular weight excluding hydrogens is 328 g/mol. The van der Waals surface area contributed by atoms with E-state index in [0.29, 0.717) is 10.2 Å². The highest BCUT2D eigenvalue weighted by Gasteiger charge is 2.10. The molecule has 0 fully saturated rings. The third kappa shape index (κ3) is 3.97. The summed E-state index contributed by atoms with van der Waals surface area (Å²) in [6, 6.07) is 15.5. The molecule has 0 spiro atoms. The monoisotopic (exact) mass is 342 g/mol. The van der Waals surface area contributed by atoms with E-state index < -0.39 is 0 Å². The molecule has 0 unspecified atom stereocenters. The van der Waals surface area contributed by atoms with Crippen LogP contribution in [0.1, 0.15) is 11.1 Å². The van der Waals surface area contributed by atoms with Crippen molar-refractivity contribution in [1.29, 1.82) is 0 Å². The molecule has 3 nitrogen and oxygen atoms in total. The van der Waals surface area contributed by atoms with Crippen LogP contribution in [0, 0.1) is 6.92 Å². The Labute approximate surface area is 144 Å². The van der Waals surface area contributed by atoms with E-state index >= 15 is 0 Å². The van der Waals surface area contributed by atoms with E-state index in [-0.39, 0.29) is 12.3 Å². The Kier molecular flexibility index (Phi) is 4.74. The van der Waals surface area contributed by atoms with Crippen molar-refractivity contribution in [3.8, 4) is 11.3 Å². The van der Waals surface area contributed by atoms with Gasteiger partial charge in [-0.2, -0.15) is 0 Å². The molecule has 0 aliphatic heterocycles. The average Bonchev–Trinajstić information content (AvgIpc) is 2.98. The quantitative estimate of drug-likeness (QED) is 0.728. The van der Waals surface area contributed by atoms with Gasteiger partial charge in [0.1, 0.15) is 0 Å². The fraction of sp³-hybridized carbons (Fsp3) is 0.111. The lowest BCUT2D eigenvalue weighted by Crippen LogP contribution is -2.14. The molecule has 0 radical (unpaired) electrons. The molecule has 116 valence electrons. The van der Waals surface area contributed by atoms with Crippen molar-refractivity contribution >= 4 is 34.0 Å². The van der Waals surface area contributed by atoms with Gasteiger partial charge in [0.05, 0.1) is 12.1 Å². The van der Waals surface area contributed by atoms with E-state index in [1.54, 1.807) is 6.07 Å². The van der Waals surface area contributed by atoms with Crippen LogP contribution in [0.2, 0.25) is 5.02 Å². The Morgan fingerprint density at radius 3 is 2.65 bits per heavy atom. The number of nitrogens with one attached hydrogen (secondary N) is 1. The maximum absolute atomic E-state index is 12.1. The number of nitrogens with zero attached hydrogens (tertiary/aromatic N) is 1. The van der Waals surface area contributed by atoms with Gasteiger partial charge in [0.15, 0.2) is 5.13 Å². The summed E-state index contributed by atoms with van der Waals surface area (Å²) in [6.07, 6.45) is 0.235. The number of hydrogen-bond donors (Lipinski definition) is 1. The molecule has 0 bridgehead atoms. The molecule has 0 saturated heterocycles. The number of benzene rings is 2. The second-order valence-corrected chi connectivity index (χ2v) is 6.49. The number of amides is 1. The first-order valence-corrected chi connectivity index (χ1v) is 8.43. The minimum atomic E-state index is -0.122. The number of carbonyl (C=O) groups is 1. The van der Waals surface area contributed by atoms with E-state index in [4.69, 9.17) is 11.6 Å². The van der Waals surface area contributed by atoms with E-state index in [9.17, 15) is 4.79 Å². The van der Waals surface area contributed by atoms with Gasteiger partial charge in [-0.25, -0.2) is 4.98 Å². The maximum Gasteiger partial charge on any atom is 0.230 e. The van der Waals surface area contributed by atoms with Gasteiger partial charge in [-0.05, 0) is 18.6 Å². The van der Waals surface area contributed by atoms with Crippen molar-refractivity contribution < 1.29 is 4.79 Å². The van der Waals surface area contributed by atoms with Crippen molar-refractivity contribution in [2.24, 2.45) is 0 Å². The zero-order valence-electron chi connectivity index (χ0n) is 12.5. The molecule has 5 heteroatoms. The van der Waals surface area contributed by atoms with Gasteiger partial charge < -0.3 is 5.32 Å². The summed E-state index contributed by atoms with van der Waals surface area (Å²) in [4.78, 5) is 16.6. The predicted molar refractivity (Wildman–Crippen MR) is 96.1 cm³/mol. The van der Waals surface area contributed by atoms with Crippen LogP contribution in [0.15, 0.2) is 53.9 Å². The standard InChI is InChI=1S/C18H15ClN2OS/c1-12-6-8-13(9-7-12)16-11-23-18(20-16)21-17(22)10-14-4-2-3-5-15(14)19/h2-9,11H,10H2,1H3,(H,20,21,22). The molecule has 1 aromatic heterocycles. The largest absolute Gasteiger partial charge is 0.302 e. The number of rotatable bonds is 4. The number of hydrogen-bond acceptors (Lipinski definition) is 3. The fourth-order valence-electron chi connectivity index (χ4n) is 2.17. The van der Waals surface area contributed by atoms with E-state index in [1.807, 2.05) is 54.8 Å². The minimum absolute atomic E-state index is 0.122. The summed E-state index contributed by atoms with van der Waals surface area (Å²) >= 11 is 7.49. The zero-order chi connectivity index (χ0) is 16.2. The Hall–Kier alpha value is -2.17. The summed E-state index contributed by atoms with van der Waals surface area (Å²) in [5.41, 5.74) is 3.92. The van der Waals surface area contributed by atoms with Gasteiger partial charge in [0.25, 0.3) is 0 Å². The molecule has 0 aliphatic rings. The summed E-state index contributed by atoms with van der Waals surface area (Å²) in [5.74, 6) is -0.122. The first-order chi connectivity index (χ1) is 11.1. The van der Waals surface area contributed by atoms with Crippen molar-refractivity contribution in [3.63, 3.8) is 0 Å². The van der Waals surface area contributed by atoms with Crippen LogP contribution in [0.5, 0.6) is 0 Å². The normalized spacial score (nSPS) is 10.5. The van der Waals surface area contributed by atoms with Crippen molar-refractivity contribution in [3.05, 3.63) is 70.1 Å². The van der Waals surface area contributed by atoms with Crippen molar-refractivity contribution in [2.75, 3.05) is 5.32 Å². The number of anilines is 1. The topological polar surface area (TPSA) is 42.0 Å². The Morgan fingerprint density at radius 1 is 1.17 bits per heavy atom. The van der Waals surface area contributed by atoms with Gasteiger partial charge in [-0.15, -0.1) is 11.3 Å². The lowest BCUT2D eigenvalue weighted by Gasteiger charge is -2.04. The highest BCUT2D eigenvalue weighted by Crippen LogP contribution is 2.25. The molecule has 3 aromatic rings. The first kappa shape index (κ1) is 15.7. The first-order valence-electron chi connectivity index (χ1n) is 7.17. The Morgan fingerprint density at radius 2 is 1.91 bits per heavy atom. The van der Waals surface area contributed by atoms with Crippen molar-refractivity contribution in [1.82, 2.24) is 4.98 Å². The fourth-order valence-corrected chi connectivity index (χ4v) is 3.10. The molecular formula is C18H15ClN2OS. The molecule has 23 heavy (non-hydrogen) atoms. The van der Waals surface area contributed by atoms with E-state index in [0.717, 1.165) is 16.8 Å². The number of thiazole rings is 1. The van der Waals surface area contributed by atoms with Gasteiger partial charge in [-0.1, -0.05) is 59.6 Å². The number of aromatic nitrogens is 1. The van der Waals surface area contributed by atoms with Crippen LogP contribution in [-0.2, 0) is 11.2 Å². The molecule has 1 N–H and O–H groups in total. The molecule has 1 amide bonds. The third-order valence-electron chi connectivity index (χ3n) is 3.41. The van der Waals surface area contributed by atoms with Crippen molar-refractivity contribution in [2.45, 2.75) is 13.3 Å². The van der Waals surface area contributed by atoms with Gasteiger partial charge in [0, 0.05) is 16.0 Å². The highest BCUT2D eigenvalue weighted by atomic mass is 35.5. The Bertz CT molecular complexity index is 827. The minimum Gasteiger partial charge on any atom is -0.302 e. The van der Waals surface area contributed by atoms with Crippen LogP contribution in [0.3, 0.4) is 0 Å². The van der Waals surface area contributed by atoms with Gasteiger partial charge >= 0.3 is 0 Å². The summed E-state index contributed by atoms with van der Waals surface area (Å²) in [5, 5.41) is 5.96. The van der Waals surface area contributed by atoms with Crippen LogP contribution < -0.4 is 5.32 Å². The molecule has 0 saturated carbocycles. The Balaban J connectivity index is 1.68. The van der Waals surface area contributed by atoms with E-state index in [1.165, 1.54) is 16.9 Å². The molecule has 3 rings (SSSR count). The second-order valence-electron chi connectivity index (χ2n) is 5.22. The third-order valence-corrected chi connectivity index (χ3v) is 4.53. The summed E-state index contributed by atoms with van der Waals surface area (Å²) in [7, 11) is 0. The number of aryl methyl sites for hydroxylation is 1. The summed E-state index contributed by atoms with van der Waals surface area (Å²) in [6.45, 7) is 2.05. The lowest BCUT2D eigenvalue weighted by molar-refractivity contribution is -0.115. The predicted octanol–water partition coefficient (Wildman–Crippen LogP) is 4.95. The summed E-state index contributed by atoms with van der Waals surface area (Å²) < 4.78 is 0.